The summed E-state index contributed by atoms with van der Waals surface area (Å²) in [5.41, 5.74) is 9.36. The van der Waals surface area contributed by atoms with Crippen molar-refractivity contribution in [3.05, 3.63) is 48.0 Å². The number of methoxy groups -OCH3 is 1. The van der Waals surface area contributed by atoms with Gasteiger partial charge in [-0.1, -0.05) is 12.1 Å². The topological polar surface area (TPSA) is 70.9 Å². The number of imidazole rings is 1. The number of aromatic nitrogens is 4. The summed E-state index contributed by atoms with van der Waals surface area (Å²) in [6.07, 6.45) is 3.70. The second-order valence-corrected chi connectivity index (χ2v) is 5.03. The molecule has 6 heteroatoms. The first-order valence-corrected chi connectivity index (χ1v) is 6.89. The van der Waals surface area contributed by atoms with E-state index >= 15 is 0 Å². The molecule has 1 aromatic carbocycles. The lowest BCUT2D eigenvalue weighted by Gasteiger charge is -2.13. The van der Waals surface area contributed by atoms with Crippen molar-refractivity contribution in [2.75, 3.05) is 13.7 Å². The molecular formula is C15H19N5O. The first-order valence-electron chi connectivity index (χ1n) is 6.89. The third-order valence-corrected chi connectivity index (χ3v) is 3.57. The minimum Gasteiger partial charge on any atom is -0.383 e. The van der Waals surface area contributed by atoms with Gasteiger partial charge in [-0.05, 0) is 12.1 Å². The highest BCUT2D eigenvalue weighted by Crippen LogP contribution is 2.23. The molecule has 0 aliphatic heterocycles. The Hall–Kier alpha value is -2.18. The van der Waals surface area contributed by atoms with Gasteiger partial charge < -0.3 is 15.0 Å². The number of fused-ring (bicyclic) bond motifs is 1. The van der Waals surface area contributed by atoms with Gasteiger partial charge in [-0.2, -0.15) is 5.10 Å². The predicted molar refractivity (Wildman–Crippen MR) is 80.8 cm³/mol. The van der Waals surface area contributed by atoms with Gasteiger partial charge in [-0.15, -0.1) is 0 Å². The monoisotopic (exact) mass is 285 g/mol. The lowest BCUT2D eigenvalue weighted by Crippen LogP contribution is -2.19. The van der Waals surface area contributed by atoms with E-state index < -0.39 is 0 Å². The van der Waals surface area contributed by atoms with Gasteiger partial charge >= 0.3 is 0 Å². The Kier molecular flexibility index (Phi) is 3.72. The molecule has 1 atom stereocenters. The molecule has 6 nitrogen and oxygen atoms in total. The number of benzene rings is 1. The second-order valence-electron chi connectivity index (χ2n) is 5.03. The van der Waals surface area contributed by atoms with Crippen LogP contribution in [-0.4, -0.2) is 33.0 Å². The van der Waals surface area contributed by atoms with Crippen LogP contribution >= 0.6 is 0 Å². The van der Waals surface area contributed by atoms with E-state index in [9.17, 15) is 0 Å². The Morgan fingerprint density at radius 3 is 2.86 bits per heavy atom. The molecule has 0 fully saturated rings. The zero-order valence-corrected chi connectivity index (χ0v) is 12.2. The summed E-state index contributed by atoms with van der Waals surface area (Å²) in [5.74, 6) is 0.834. The number of para-hydroxylation sites is 2. The maximum absolute atomic E-state index is 6.39. The molecule has 2 N–H and O–H groups in total. The minimum absolute atomic E-state index is 0.303. The summed E-state index contributed by atoms with van der Waals surface area (Å²) >= 11 is 0. The molecule has 110 valence electrons. The van der Waals surface area contributed by atoms with Gasteiger partial charge in [-0.3, -0.25) is 4.68 Å². The number of aryl methyl sites for hydroxylation is 1. The van der Waals surface area contributed by atoms with Crippen molar-refractivity contribution in [3.8, 4) is 0 Å². The summed E-state index contributed by atoms with van der Waals surface area (Å²) in [5, 5.41) is 4.18. The van der Waals surface area contributed by atoms with Crippen molar-refractivity contribution in [2.24, 2.45) is 12.8 Å². The number of nitrogens with zero attached hydrogens (tertiary/aromatic N) is 4. The Labute approximate surface area is 123 Å². The smallest absolute Gasteiger partial charge is 0.131 e. The average molecular weight is 285 g/mol. The third kappa shape index (κ3) is 2.55. The van der Waals surface area contributed by atoms with E-state index in [2.05, 4.69) is 15.7 Å². The zero-order valence-electron chi connectivity index (χ0n) is 12.2. The lowest BCUT2D eigenvalue weighted by atomic mass is 10.1. The summed E-state index contributed by atoms with van der Waals surface area (Å²) in [6.45, 7) is 1.34. The number of nitrogens with two attached hydrogens (primary N) is 1. The fraction of sp³-hybridized carbons (Fsp3) is 0.333. The van der Waals surface area contributed by atoms with E-state index in [1.54, 1.807) is 18.0 Å². The van der Waals surface area contributed by atoms with Crippen molar-refractivity contribution in [2.45, 2.75) is 12.6 Å². The highest BCUT2D eigenvalue weighted by molar-refractivity contribution is 5.76. The van der Waals surface area contributed by atoms with E-state index in [-0.39, 0.29) is 6.04 Å². The van der Waals surface area contributed by atoms with Gasteiger partial charge in [-0.25, -0.2) is 4.98 Å². The van der Waals surface area contributed by atoms with Gasteiger partial charge in [0, 0.05) is 32.5 Å². The molecule has 1 unspecified atom stereocenters. The maximum Gasteiger partial charge on any atom is 0.131 e. The first kappa shape index (κ1) is 13.8. The van der Waals surface area contributed by atoms with Crippen LogP contribution in [0.25, 0.3) is 11.0 Å². The first-order chi connectivity index (χ1) is 10.2. The fourth-order valence-corrected chi connectivity index (χ4v) is 2.50. The molecule has 0 saturated carbocycles. The SMILES string of the molecule is COCCn1c(C(N)c2cnn(C)c2)nc2ccccc21. The lowest BCUT2D eigenvalue weighted by molar-refractivity contribution is 0.187. The highest BCUT2D eigenvalue weighted by atomic mass is 16.5. The largest absolute Gasteiger partial charge is 0.383 e. The molecule has 0 bridgehead atoms. The number of ether oxygens (including phenoxy) is 1. The normalized spacial score (nSPS) is 12.9. The van der Waals surface area contributed by atoms with E-state index in [0.29, 0.717) is 6.61 Å². The average Bonchev–Trinajstić information content (AvgIpc) is 3.08. The predicted octanol–water partition coefficient (Wildman–Crippen LogP) is 1.46. The van der Waals surface area contributed by atoms with E-state index in [0.717, 1.165) is 29.0 Å². The summed E-state index contributed by atoms with van der Waals surface area (Å²) in [7, 11) is 3.57. The highest BCUT2D eigenvalue weighted by Gasteiger charge is 2.19. The van der Waals surface area contributed by atoms with Crippen LogP contribution in [0.15, 0.2) is 36.7 Å². The molecule has 21 heavy (non-hydrogen) atoms. The van der Waals surface area contributed by atoms with Crippen LogP contribution < -0.4 is 5.73 Å². The number of hydrogen-bond acceptors (Lipinski definition) is 4. The van der Waals surface area contributed by atoms with E-state index in [1.165, 1.54) is 0 Å². The van der Waals surface area contributed by atoms with Crippen molar-refractivity contribution < 1.29 is 4.74 Å². The van der Waals surface area contributed by atoms with Crippen molar-refractivity contribution in [1.29, 1.82) is 0 Å². The Balaban J connectivity index is 2.07. The molecule has 0 radical (unpaired) electrons. The van der Waals surface area contributed by atoms with Crippen molar-refractivity contribution >= 4 is 11.0 Å². The van der Waals surface area contributed by atoms with Gasteiger partial charge in [0.1, 0.15) is 5.82 Å². The Bertz CT molecular complexity index is 745. The van der Waals surface area contributed by atoms with E-state index in [4.69, 9.17) is 15.5 Å². The van der Waals surface area contributed by atoms with Crippen LogP contribution in [-0.2, 0) is 18.3 Å². The molecule has 0 spiro atoms. The van der Waals surface area contributed by atoms with Gasteiger partial charge in [0.15, 0.2) is 0 Å². The molecular weight excluding hydrogens is 266 g/mol. The molecule has 0 aliphatic rings. The summed E-state index contributed by atoms with van der Waals surface area (Å²) < 4.78 is 9.07. The van der Waals surface area contributed by atoms with E-state index in [1.807, 2.05) is 31.4 Å². The van der Waals surface area contributed by atoms with Crippen molar-refractivity contribution in [1.82, 2.24) is 19.3 Å². The Morgan fingerprint density at radius 2 is 2.14 bits per heavy atom. The third-order valence-electron chi connectivity index (χ3n) is 3.57. The summed E-state index contributed by atoms with van der Waals surface area (Å²) in [6, 6.07) is 7.74. The molecule has 2 aromatic heterocycles. The van der Waals surface area contributed by atoms with Crippen LogP contribution in [0.2, 0.25) is 0 Å². The van der Waals surface area contributed by atoms with Gasteiger partial charge in [0.05, 0.1) is 29.9 Å². The van der Waals surface area contributed by atoms with Crippen LogP contribution in [0.1, 0.15) is 17.4 Å². The van der Waals surface area contributed by atoms with Gasteiger partial charge in [0.25, 0.3) is 0 Å². The summed E-state index contributed by atoms with van der Waals surface area (Å²) in [4.78, 5) is 4.70. The van der Waals surface area contributed by atoms with Crippen LogP contribution in [0, 0.1) is 0 Å². The molecule has 0 aliphatic carbocycles. The fourth-order valence-electron chi connectivity index (χ4n) is 2.50. The Morgan fingerprint density at radius 1 is 1.33 bits per heavy atom. The number of rotatable bonds is 5. The molecule has 0 saturated heterocycles. The van der Waals surface area contributed by atoms with Crippen LogP contribution in [0.4, 0.5) is 0 Å². The maximum atomic E-state index is 6.39. The quantitative estimate of drug-likeness (QED) is 0.770. The zero-order chi connectivity index (χ0) is 14.8. The van der Waals surface area contributed by atoms with Gasteiger partial charge in [0.2, 0.25) is 0 Å². The standard InChI is InChI=1S/C15H19N5O/c1-19-10-11(9-17-19)14(16)15-18-12-5-3-4-6-13(12)20(15)7-8-21-2/h3-6,9-10,14H,7-8,16H2,1-2H3. The molecule has 3 rings (SSSR count). The van der Waals surface area contributed by atoms with Crippen LogP contribution in [0.5, 0.6) is 0 Å². The molecule has 0 amide bonds. The van der Waals surface area contributed by atoms with Crippen molar-refractivity contribution in [3.63, 3.8) is 0 Å². The molecule has 2 heterocycles. The minimum atomic E-state index is -0.303. The molecule has 3 aromatic rings. The van der Waals surface area contributed by atoms with Crippen LogP contribution in [0.3, 0.4) is 0 Å². The number of hydrogen-bond donors (Lipinski definition) is 1. The second kappa shape index (κ2) is 5.67.